The van der Waals surface area contributed by atoms with Gasteiger partial charge < -0.3 is 10.1 Å². The van der Waals surface area contributed by atoms with Crippen LogP contribution in [0.4, 0.5) is 13.2 Å². The third-order valence-electron chi connectivity index (χ3n) is 3.36. The number of hydrogen-bond acceptors (Lipinski definition) is 5. The molecule has 0 bridgehead atoms. The molecule has 9 heteroatoms. The normalized spacial score (nSPS) is 10.6. The SMILES string of the molecule is C=CC(=O)NCc1nc(SC#CC)c(C)c(-c2ccc(OC(F)(F)F)cc2)n1. The van der Waals surface area contributed by atoms with Gasteiger partial charge in [0.05, 0.1) is 12.2 Å². The smallest absolute Gasteiger partial charge is 0.406 e. The summed E-state index contributed by atoms with van der Waals surface area (Å²) in [6.45, 7) is 6.93. The van der Waals surface area contributed by atoms with Gasteiger partial charge in [0.1, 0.15) is 16.6 Å². The molecule has 2 aromatic rings. The monoisotopic (exact) mass is 407 g/mol. The Morgan fingerprint density at radius 2 is 2.00 bits per heavy atom. The van der Waals surface area contributed by atoms with E-state index >= 15 is 0 Å². The maximum absolute atomic E-state index is 12.3. The van der Waals surface area contributed by atoms with Crippen LogP contribution in [-0.2, 0) is 11.3 Å². The van der Waals surface area contributed by atoms with Crippen molar-refractivity contribution in [3.8, 4) is 28.2 Å². The van der Waals surface area contributed by atoms with Gasteiger partial charge in [0.15, 0.2) is 0 Å². The zero-order valence-corrected chi connectivity index (χ0v) is 15.9. The summed E-state index contributed by atoms with van der Waals surface area (Å²) in [7, 11) is 0. The van der Waals surface area contributed by atoms with E-state index in [9.17, 15) is 18.0 Å². The molecule has 1 heterocycles. The van der Waals surface area contributed by atoms with E-state index in [-0.39, 0.29) is 18.2 Å². The molecule has 0 unspecified atom stereocenters. The van der Waals surface area contributed by atoms with E-state index in [0.29, 0.717) is 22.1 Å². The molecule has 0 saturated carbocycles. The van der Waals surface area contributed by atoms with Crippen LogP contribution in [0, 0.1) is 18.1 Å². The fourth-order valence-electron chi connectivity index (χ4n) is 2.15. The third kappa shape index (κ3) is 6.03. The van der Waals surface area contributed by atoms with Crippen molar-refractivity contribution in [2.45, 2.75) is 31.8 Å². The highest BCUT2D eigenvalue weighted by Gasteiger charge is 2.31. The minimum absolute atomic E-state index is 0.0700. The van der Waals surface area contributed by atoms with E-state index in [4.69, 9.17) is 0 Å². The molecule has 2 rings (SSSR count). The van der Waals surface area contributed by atoms with Gasteiger partial charge in [-0.15, -0.1) is 13.2 Å². The number of amides is 1. The maximum atomic E-state index is 12.3. The Kier molecular flexibility index (Phi) is 7.06. The van der Waals surface area contributed by atoms with Crippen molar-refractivity contribution in [2.24, 2.45) is 0 Å². The van der Waals surface area contributed by atoms with E-state index in [0.717, 1.165) is 11.6 Å². The van der Waals surface area contributed by atoms with Crippen molar-refractivity contribution in [3.05, 3.63) is 48.3 Å². The number of benzene rings is 1. The second kappa shape index (κ2) is 9.28. The number of rotatable bonds is 6. The predicted octanol–water partition coefficient (Wildman–Crippen LogP) is 4.23. The number of ether oxygens (including phenoxy) is 1. The molecule has 0 atom stereocenters. The fraction of sp³-hybridized carbons (Fsp3) is 0.211. The van der Waals surface area contributed by atoms with Gasteiger partial charge in [-0.25, -0.2) is 9.97 Å². The van der Waals surface area contributed by atoms with Crippen molar-refractivity contribution in [2.75, 3.05) is 0 Å². The molecule has 28 heavy (non-hydrogen) atoms. The number of carbonyl (C=O) groups excluding carboxylic acids is 1. The van der Waals surface area contributed by atoms with Gasteiger partial charge in [-0.2, -0.15) is 0 Å². The molecule has 0 fully saturated rings. The minimum Gasteiger partial charge on any atom is -0.406 e. The summed E-state index contributed by atoms with van der Waals surface area (Å²) in [5.41, 5.74) is 1.82. The van der Waals surface area contributed by atoms with E-state index in [1.54, 1.807) is 13.8 Å². The van der Waals surface area contributed by atoms with Gasteiger partial charge >= 0.3 is 6.36 Å². The zero-order valence-electron chi connectivity index (χ0n) is 15.1. The lowest BCUT2D eigenvalue weighted by molar-refractivity contribution is -0.274. The van der Waals surface area contributed by atoms with Crippen LogP contribution in [0.25, 0.3) is 11.3 Å². The highest BCUT2D eigenvalue weighted by atomic mass is 32.2. The number of hydrogen-bond donors (Lipinski definition) is 1. The summed E-state index contributed by atoms with van der Waals surface area (Å²) >= 11 is 1.20. The Bertz CT molecular complexity index is 932. The maximum Gasteiger partial charge on any atom is 0.573 e. The average molecular weight is 407 g/mol. The first-order valence-electron chi connectivity index (χ1n) is 7.96. The quantitative estimate of drug-likeness (QED) is 0.336. The summed E-state index contributed by atoms with van der Waals surface area (Å²) in [6, 6.07) is 5.37. The topological polar surface area (TPSA) is 64.1 Å². The third-order valence-corrected chi connectivity index (χ3v) is 4.26. The molecular formula is C19H16F3N3O2S. The summed E-state index contributed by atoms with van der Waals surface area (Å²) in [5.74, 6) is 2.40. The molecule has 0 saturated heterocycles. The highest BCUT2D eigenvalue weighted by molar-refractivity contribution is 8.03. The summed E-state index contributed by atoms with van der Waals surface area (Å²) in [6.07, 6.45) is -3.63. The first kappa shape index (κ1) is 21.3. The number of alkyl halides is 3. The number of halogens is 3. The van der Waals surface area contributed by atoms with Crippen molar-refractivity contribution >= 4 is 17.7 Å². The van der Waals surface area contributed by atoms with E-state index in [2.05, 4.69) is 37.8 Å². The lowest BCUT2D eigenvalue weighted by Gasteiger charge is -2.13. The molecule has 0 spiro atoms. The lowest BCUT2D eigenvalue weighted by atomic mass is 10.1. The minimum atomic E-state index is -4.76. The second-order valence-electron chi connectivity index (χ2n) is 5.37. The molecule has 1 aromatic heterocycles. The molecule has 0 aliphatic rings. The molecule has 146 valence electrons. The molecule has 0 aliphatic carbocycles. The molecule has 1 aromatic carbocycles. The Morgan fingerprint density at radius 3 is 2.57 bits per heavy atom. The van der Waals surface area contributed by atoms with Gasteiger partial charge in [0.25, 0.3) is 0 Å². The first-order valence-corrected chi connectivity index (χ1v) is 8.77. The van der Waals surface area contributed by atoms with Gasteiger partial charge in [0.2, 0.25) is 5.91 Å². The van der Waals surface area contributed by atoms with Gasteiger partial charge in [-0.3, -0.25) is 4.79 Å². The van der Waals surface area contributed by atoms with Crippen LogP contribution in [0.5, 0.6) is 5.75 Å². The number of nitrogens with one attached hydrogen (secondary N) is 1. The van der Waals surface area contributed by atoms with Crippen LogP contribution in [0.2, 0.25) is 0 Å². The van der Waals surface area contributed by atoms with Crippen LogP contribution in [0.1, 0.15) is 18.3 Å². The highest BCUT2D eigenvalue weighted by Crippen LogP contribution is 2.30. The van der Waals surface area contributed by atoms with Gasteiger partial charge in [-0.1, -0.05) is 12.5 Å². The molecule has 0 radical (unpaired) electrons. The molecule has 0 aliphatic heterocycles. The second-order valence-corrected chi connectivity index (χ2v) is 6.16. The molecule has 5 nitrogen and oxygen atoms in total. The Labute approximate surface area is 164 Å². The zero-order chi connectivity index (χ0) is 20.7. The Balaban J connectivity index is 2.41. The van der Waals surface area contributed by atoms with Crippen LogP contribution in [0.15, 0.2) is 41.9 Å². The molecular weight excluding hydrogens is 391 g/mol. The first-order chi connectivity index (χ1) is 13.2. The van der Waals surface area contributed by atoms with Crippen LogP contribution < -0.4 is 10.1 Å². The average Bonchev–Trinajstić information content (AvgIpc) is 2.65. The van der Waals surface area contributed by atoms with Crippen molar-refractivity contribution < 1.29 is 22.7 Å². The summed E-state index contributed by atoms with van der Waals surface area (Å²) < 4.78 is 40.9. The largest absolute Gasteiger partial charge is 0.573 e. The van der Waals surface area contributed by atoms with Crippen molar-refractivity contribution in [3.63, 3.8) is 0 Å². The number of thioether (sulfide) groups is 1. The lowest BCUT2D eigenvalue weighted by Crippen LogP contribution is -2.22. The van der Waals surface area contributed by atoms with E-state index in [1.807, 2.05) is 0 Å². The van der Waals surface area contributed by atoms with Crippen LogP contribution >= 0.6 is 11.8 Å². The summed E-state index contributed by atoms with van der Waals surface area (Å²) in [4.78, 5) is 20.2. The van der Waals surface area contributed by atoms with Gasteiger partial charge in [-0.05, 0) is 61.2 Å². The Morgan fingerprint density at radius 1 is 1.32 bits per heavy atom. The van der Waals surface area contributed by atoms with Crippen LogP contribution in [0.3, 0.4) is 0 Å². The van der Waals surface area contributed by atoms with Crippen molar-refractivity contribution in [1.29, 1.82) is 0 Å². The summed E-state index contributed by atoms with van der Waals surface area (Å²) in [5, 5.41) is 6.04. The number of nitrogens with zero attached hydrogens (tertiary/aromatic N) is 2. The van der Waals surface area contributed by atoms with Gasteiger partial charge in [0, 0.05) is 11.1 Å². The van der Waals surface area contributed by atoms with Crippen molar-refractivity contribution in [1.82, 2.24) is 15.3 Å². The van der Waals surface area contributed by atoms with Crippen LogP contribution in [-0.4, -0.2) is 22.2 Å². The predicted molar refractivity (Wildman–Crippen MR) is 100 cm³/mol. The fourth-order valence-corrected chi connectivity index (χ4v) is 2.75. The van der Waals surface area contributed by atoms with E-state index in [1.165, 1.54) is 36.0 Å². The number of aromatic nitrogens is 2. The Hall–Kier alpha value is -2.99. The number of carbonyl (C=O) groups is 1. The molecule has 1 amide bonds. The standard InChI is InChI=1S/C19H16F3N3O2S/c1-4-10-28-18-12(3)17(24-15(25-18)11-23-16(26)5-2)13-6-8-14(9-7-13)27-19(20,21)22/h5-9H,2,11H2,1,3H3,(H,23,26). The van der Waals surface area contributed by atoms with E-state index < -0.39 is 6.36 Å². The molecule has 1 N–H and O–H groups in total.